The number of aromatic nitrogens is 3. The summed E-state index contributed by atoms with van der Waals surface area (Å²) < 4.78 is 29.0. The molecule has 2 aromatic carbocycles. The minimum Gasteiger partial charge on any atom is -0.464 e. The van der Waals surface area contributed by atoms with E-state index in [9.17, 15) is 13.2 Å². The molecular weight excluding hydrogens is 464 g/mol. The highest BCUT2D eigenvalue weighted by atomic mass is 32.2. The molecule has 9 heteroatoms. The predicted molar refractivity (Wildman–Crippen MR) is 136 cm³/mol. The molecule has 2 aromatic heterocycles. The number of benzene rings is 2. The van der Waals surface area contributed by atoms with E-state index < -0.39 is 16.1 Å². The van der Waals surface area contributed by atoms with Crippen molar-refractivity contribution in [3.05, 3.63) is 71.3 Å². The molecule has 0 spiro atoms. The summed E-state index contributed by atoms with van der Waals surface area (Å²) in [4.78, 5) is 20.4. The van der Waals surface area contributed by atoms with Crippen LogP contribution in [0.2, 0.25) is 0 Å². The molecule has 2 N–H and O–H groups in total. The van der Waals surface area contributed by atoms with Crippen molar-refractivity contribution in [2.75, 3.05) is 0 Å². The highest BCUT2D eigenvalue weighted by Gasteiger charge is 2.26. The molecule has 0 saturated heterocycles. The van der Waals surface area contributed by atoms with E-state index in [1.807, 2.05) is 51.1 Å². The monoisotopic (exact) mass is 492 g/mol. The summed E-state index contributed by atoms with van der Waals surface area (Å²) in [7, 11) is -4.24. The first kappa shape index (κ1) is 24.4. The van der Waals surface area contributed by atoms with Crippen molar-refractivity contribution >= 4 is 27.1 Å². The predicted octanol–water partition coefficient (Wildman–Crippen LogP) is 5.27. The first-order chi connectivity index (χ1) is 16.3. The molecule has 35 heavy (non-hydrogen) atoms. The minimum absolute atomic E-state index is 0.0981. The Morgan fingerprint density at radius 2 is 1.63 bits per heavy atom. The molecule has 0 atom stereocenters. The van der Waals surface area contributed by atoms with Gasteiger partial charge in [0.15, 0.2) is 0 Å². The summed E-state index contributed by atoms with van der Waals surface area (Å²) in [5, 5.41) is 8.98. The molecular formula is C26H28N4O4S. The van der Waals surface area contributed by atoms with E-state index in [1.54, 1.807) is 16.9 Å². The van der Waals surface area contributed by atoms with Crippen LogP contribution in [0.1, 0.15) is 43.5 Å². The average Bonchev–Trinajstić information content (AvgIpc) is 3.13. The van der Waals surface area contributed by atoms with Crippen LogP contribution in [0.5, 0.6) is 0 Å². The zero-order valence-corrected chi connectivity index (χ0v) is 21.4. The van der Waals surface area contributed by atoms with Crippen molar-refractivity contribution < 1.29 is 18.3 Å². The summed E-state index contributed by atoms with van der Waals surface area (Å²) in [5.74, 6) is 0.889. The Balaban J connectivity index is 1.90. The Bertz CT molecular complexity index is 1560. The van der Waals surface area contributed by atoms with Gasteiger partial charge in [0.25, 0.3) is 10.0 Å². The van der Waals surface area contributed by atoms with E-state index in [0.717, 1.165) is 39.5 Å². The number of hydrogen-bond donors (Lipinski definition) is 2. The Morgan fingerprint density at radius 3 is 2.23 bits per heavy atom. The third-order valence-corrected chi connectivity index (χ3v) is 7.08. The fourth-order valence-electron chi connectivity index (χ4n) is 4.21. The van der Waals surface area contributed by atoms with Gasteiger partial charge >= 0.3 is 6.09 Å². The number of sulfonamides is 1. The van der Waals surface area contributed by atoms with Gasteiger partial charge in [-0.2, -0.15) is 0 Å². The second kappa shape index (κ2) is 8.49. The lowest BCUT2D eigenvalue weighted by Crippen LogP contribution is -2.29. The van der Waals surface area contributed by atoms with Crippen molar-refractivity contribution in [2.24, 2.45) is 0 Å². The molecule has 0 saturated carbocycles. The molecule has 4 rings (SSSR count). The van der Waals surface area contributed by atoms with E-state index in [1.165, 1.54) is 6.07 Å². The number of nitrogens with one attached hydrogen (secondary N) is 1. The first-order valence-electron chi connectivity index (χ1n) is 11.1. The van der Waals surface area contributed by atoms with Gasteiger partial charge < -0.3 is 5.11 Å². The van der Waals surface area contributed by atoms with Crippen LogP contribution >= 0.6 is 0 Å². The Labute approximate surface area is 204 Å². The van der Waals surface area contributed by atoms with Gasteiger partial charge in [0.2, 0.25) is 0 Å². The number of pyridine rings is 1. The fraction of sp³-hybridized carbons (Fsp3) is 0.269. The largest absolute Gasteiger partial charge is 0.464 e. The molecule has 0 aliphatic rings. The number of nitrogens with zero attached hydrogens (tertiary/aromatic N) is 3. The van der Waals surface area contributed by atoms with E-state index in [2.05, 4.69) is 30.3 Å². The molecule has 0 fully saturated rings. The first-order valence-corrected chi connectivity index (χ1v) is 12.6. The normalized spacial score (nSPS) is 12.2. The molecule has 182 valence electrons. The van der Waals surface area contributed by atoms with Crippen molar-refractivity contribution in [1.29, 1.82) is 0 Å². The van der Waals surface area contributed by atoms with Gasteiger partial charge in [-0.1, -0.05) is 50.6 Å². The number of fused-ring (bicyclic) bond motifs is 1. The molecule has 1 amide bonds. The highest BCUT2D eigenvalue weighted by Crippen LogP contribution is 2.33. The molecule has 4 aromatic rings. The molecule has 0 aliphatic carbocycles. The number of imidazole rings is 1. The van der Waals surface area contributed by atoms with Gasteiger partial charge in [-0.3, -0.25) is 9.55 Å². The van der Waals surface area contributed by atoms with Gasteiger partial charge in [0.1, 0.15) is 11.3 Å². The quantitative estimate of drug-likeness (QED) is 0.401. The van der Waals surface area contributed by atoms with Gasteiger partial charge in [-0.05, 0) is 50.6 Å². The van der Waals surface area contributed by atoms with Gasteiger partial charge in [-0.15, -0.1) is 0 Å². The summed E-state index contributed by atoms with van der Waals surface area (Å²) in [6, 6.07) is 14.3. The lowest BCUT2D eigenvalue weighted by Gasteiger charge is -2.20. The van der Waals surface area contributed by atoms with Crippen LogP contribution in [0.25, 0.3) is 27.8 Å². The standard InChI is InChI=1S/C26H28N4O4S/c1-15-7-12-22(35(33,34)29-25(31)32)20(13-15)18-8-10-19(11-9-18)30-21-14-16(2)27-17(3)23(21)28-24(30)26(4,5)6/h7-14,29H,1-6H3,(H,31,32). The van der Waals surface area contributed by atoms with Gasteiger partial charge in [-0.25, -0.2) is 22.9 Å². The fourth-order valence-corrected chi connectivity index (χ4v) is 5.26. The lowest BCUT2D eigenvalue weighted by atomic mass is 9.95. The Kier molecular flexibility index (Phi) is 5.92. The Hall–Kier alpha value is -3.72. The highest BCUT2D eigenvalue weighted by molar-refractivity contribution is 7.90. The third kappa shape index (κ3) is 4.64. The maximum Gasteiger partial charge on any atom is 0.418 e. The second-order valence-electron chi connectivity index (χ2n) is 9.69. The van der Waals surface area contributed by atoms with Crippen LogP contribution in [0, 0.1) is 20.8 Å². The zero-order chi connectivity index (χ0) is 25.7. The van der Waals surface area contributed by atoms with Crippen molar-refractivity contribution in [3.8, 4) is 16.8 Å². The summed E-state index contributed by atoms with van der Waals surface area (Å²) >= 11 is 0. The molecule has 2 heterocycles. The molecule has 0 aliphatic heterocycles. The smallest absolute Gasteiger partial charge is 0.418 e. The summed E-state index contributed by atoms with van der Waals surface area (Å²) in [6.45, 7) is 12.1. The topological polar surface area (TPSA) is 114 Å². The maximum atomic E-state index is 12.7. The second-order valence-corrected chi connectivity index (χ2v) is 11.3. The average molecular weight is 493 g/mol. The van der Waals surface area contributed by atoms with Gasteiger partial charge in [0, 0.05) is 22.4 Å². The van der Waals surface area contributed by atoms with E-state index >= 15 is 0 Å². The third-order valence-electron chi connectivity index (χ3n) is 5.70. The molecule has 8 nitrogen and oxygen atoms in total. The SMILES string of the molecule is Cc1ccc(S(=O)(=O)NC(=O)O)c(-c2ccc(-n3c(C(C)(C)C)nc4c(C)nc(C)cc43)cc2)c1. The van der Waals surface area contributed by atoms with E-state index in [4.69, 9.17) is 10.1 Å². The van der Waals surface area contributed by atoms with Crippen molar-refractivity contribution in [1.82, 2.24) is 19.3 Å². The van der Waals surface area contributed by atoms with Crippen molar-refractivity contribution in [2.45, 2.75) is 51.9 Å². The number of hydrogen-bond acceptors (Lipinski definition) is 5. The van der Waals surface area contributed by atoms with Crippen LogP contribution in [0.3, 0.4) is 0 Å². The van der Waals surface area contributed by atoms with Gasteiger partial charge in [0.05, 0.1) is 16.1 Å². The molecule has 0 radical (unpaired) electrons. The lowest BCUT2D eigenvalue weighted by molar-refractivity contribution is 0.201. The number of rotatable bonds is 4. The van der Waals surface area contributed by atoms with E-state index in [0.29, 0.717) is 11.1 Å². The number of aryl methyl sites for hydroxylation is 3. The van der Waals surface area contributed by atoms with Crippen LogP contribution in [0.4, 0.5) is 4.79 Å². The Morgan fingerprint density at radius 1 is 0.971 bits per heavy atom. The minimum atomic E-state index is -4.24. The van der Waals surface area contributed by atoms with Crippen LogP contribution in [0.15, 0.2) is 53.4 Å². The molecule has 0 bridgehead atoms. The van der Waals surface area contributed by atoms with Crippen LogP contribution in [-0.4, -0.2) is 34.2 Å². The number of carbonyl (C=O) groups is 1. The van der Waals surface area contributed by atoms with Crippen molar-refractivity contribution in [3.63, 3.8) is 0 Å². The zero-order valence-electron chi connectivity index (χ0n) is 20.5. The maximum absolute atomic E-state index is 12.7. The van der Waals surface area contributed by atoms with Crippen LogP contribution in [-0.2, 0) is 15.4 Å². The van der Waals surface area contributed by atoms with E-state index in [-0.39, 0.29) is 10.3 Å². The number of amides is 1. The number of carboxylic acid groups (broad SMARTS) is 1. The summed E-state index contributed by atoms with van der Waals surface area (Å²) in [5.41, 5.74) is 6.13. The summed E-state index contributed by atoms with van der Waals surface area (Å²) in [6.07, 6.45) is -1.63. The molecule has 0 unspecified atom stereocenters. The van der Waals surface area contributed by atoms with Crippen LogP contribution < -0.4 is 4.72 Å².